The predicted molar refractivity (Wildman–Crippen MR) is 140 cm³/mol. The summed E-state index contributed by atoms with van der Waals surface area (Å²) >= 11 is 1.82. The van der Waals surface area contributed by atoms with Crippen molar-refractivity contribution < 1.29 is 4.79 Å². The molecular formula is C23H34IN5OS. The van der Waals surface area contributed by atoms with Crippen LogP contribution in [0, 0.1) is 5.92 Å². The van der Waals surface area contributed by atoms with E-state index >= 15 is 0 Å². The van der Waals surface area contributed by atoms with E-state index in [1.165, 1.54) is 17.7 Å². The van der Waals surface area contributed by atoms with E-state index in [-0.39, 0.29) is 29.9 Å². The molecule has 6 nitrogen and oxygen atoms in total. The summed E-state index contributed by atoms with van der Waals surface area (Å²) in [5.41, 5.74) is 1.70. The van der Waals surface area contributed by atoms with Crippen molar-refractivity contribution in [2.45, 2.75) is 32.4 Å². The van der Waals surface area contributed by atoms with Gasteiger partial charge in [0.15, 0.2) is 5.96 Å². The van der Waals surface area contributed by atoms with E-state index in [0.29, 0.717) is 18.2 Å². The summed E-state index contributed by atoms with van der Waals surface area (Å²) in [7, 11) is 3.44. The molecule has 0 aliphatic carbocycles. The summed E-state index contributed by atoms with van der Waals surface area (Å²) < 4.78 is 0. The number of thiophene rings is 1. The number of likely N-dealkylation sites (tertiary alicyclic amines) is 1. The van der Waals surface area contributed by atoms with Crippen LogP contribution >= 0.6 is 35.3 Å². The van der Waals surface area contributed by atoms with Crippen molar-refractivity contribution in [1.29, 1.82) is 0 Å². The highest BCUT2D eigenvalue weighted by Gasteiger charge is 2.25. The quantitative estimate of drug-likeness (QED) is 0.276. The summed E-state index contributed by atoms with van der Waals surface area (Å²) in [6, 6.07) is 12.4. The minimum absolute atomic E-state index is 0. The fourth-order valence-electron chi connectivity index (χ4n) is 3.80. The molecule has 8 heteroatoms. The lowest BCUT2D eigenvalue weighted by Crippen LogP contribution is -2.44. The van der Waals surface area contributed by atoms with Gasteiger partial charge in [0.05, 0.1) is 6.04 Å². The molecule has 3 N–H and O–H groups in total. The SMILES string of the molecule is CN=C(NCc1cccc(C(=O)NC)c1)NCC(c1cccs1)N1CCC(C)CC1.I. The molecule has 1 fully saturated rings. The molecule has 2 aromatic rings. The van der Waals surface area contributed by atoms with Gasteiger partial charge in [-0.1, -0.05) is 25.1 Å². The first-order valence-electron chi connectivity index (χ1n) is 10.6. The molecule has 1 aromatic carbocycles. The van der Waals surface area contributed by atoms with Gasteiger partial charge in [-0.25, -0.2) is 0 Å². The molecule has 3 rings (SSSR count). The molecule has 0 saturated carbocycles. The van der Waals surface area contributed by atoms with Crippen molar-refractivity contribution in [1.82, 2.24) is 20.9 Å². The second-order valence-corrected chi connectivity index (χ2v) is 8.82. The molecule has 0 bridgehead atoms. The summed E-state index contributed by atoms with van der Waals surface area (Å²) in [5, 5.41) is 11.7. The second-order valence-electron chi connectivity index (χ2n) is 7.84. The van der Waals surface area contributed by atoms with Crippen LogP contribution in [0.5, 0.6) is 0 Å². The number of amides is 1. The maximum Gasteiger partial charge on any atom is 0.251 e. The van der Waals surface area contributed by atoms with E-state index in [9.17, 15) is 4.79 Å². The maximum absolute atomic E-state index is 11.8. The van der Waals surface area contributed by atoms with Gasteiger partial charge in [0.1, 0.15) is 0 Å². The molecule has 1 aliphatic heterocycles. The van der Waals surface area contributed by atoms with Gasteiger partial charge < -0.3 is 16.0 Å². The average molecular weight is 556 g/mol. The Labute approximate surface area is 206 Å². The number of benzene rings is 1. The van der Waals surface area contributed by atoms with Crippen LogP contribution in [0.15, 0.2) is 46.8 Å². The van der Waals surface area contributed by atoms with E-state index in [1.54, 1.807) is 14.1 Å². The van der Waals surface area contributed by atoms with E-state index in [1.807, 2.05) is 35.6 Å². The molecule has 1 aliphatic rings. The zero-order valence-corrected chi connectivity index (χ0v) is 21.7. The van der Waals surface area contributed by atoms with E-state index in [2.05, 4.69) is 50.3 Å². The number of carbonyl (C=O) groups is 1. The highest BCUT2D eigenvalue weighted by molar-refractivity contribution is 14.0. The topological polar surface area (TPSA) is 68.8 Å². The number of halogens is 1. The molecule has 1 saturated heterocycles. The Hall–Kier alpha value is -1.65. The summed E-state index contributed by atoms with van der Waals surface area (Å²) in [4.78, 5) is 20.2. The Morgan fingerprint density at radius 1 is 1.23 bits per heavy atom. The third kappa shape index (κ3) is 7.47. The molecule has 1 aromatic heterocycles. The predicted octanol–water partition coefficient (Wildman–Crippen LogP) is 3.86. The highest BCUT2D eigenvalue weighted by Crippen LogP contribution is 2.29. The molecule has 1 amide bonds. The molecular weight excluding hydrogens is 521 g/mol. The number of guanidine groups is 1. The Kier molecular flexibility index (Phi) is 10.8. The first-order valence-corrected chi connectivity index (χ1v) is 11.5. The Morgan fingerprint density at radius 2 is 2.00 bits per heavy atom. The van der Waals surface area contributed by atoms with Gasteiger partial charge >= 0.3 is 0 Å². The average Bonchev–Trinajstić information content (AvgIpc) is 3.31. The lowest BCUT2D eigenvalue weighted by Gasteiger charge is -2.36. The van der Waals surface area contributed by atoms with Crippen molar-refractivity contribution in [2.24, 2.45) is 10.9 Å². The van der Waals surface area contributed by atoms with Gasteiger partial charge in [-0.2, -0.15) is 0 Å². The number of aliphatic imine (C=N–C) groups is 1. The molecule has 170 valence electrons. The Morgan fingerprint density at radius 3 is 2.65 bits per heavy atom. The molecule has 2 heterocycles. The highest BCUT2D eigenvalue weighted by atomic mass is 127. The van der Waals surface area contributed by atoms with Gasteiger partial charge in [0.2, 0.25) is 0 Å². The molecule has 1 unspecified atom stereocenters. The number of carbonyl (C=O) groups excluding carboxylic acids is 1. The van der Waals surface area contributed by atoms with Crippen LogP contribution in [-0.2, 0) is 6.54 Å². The normalized spacial score (nSPS) is 16.3. The van der Waals surface area contributed by atoms with Gasteiger partial charge in [-0.15, -0.1) is 35.3 Å². The Bertz CT molecular complexity index is 834. The van der Waals surface area contributed by atoms with Gasteiger partial charge in [0.25, 0.3) is 5.91 Å². The van der Waals surface area contributed by atoms with Crippen LogP contribution in [0.3, 0.4) is 0 Å². The third-order valence-electron chi connectivity index (χ3n) is 5.69. The lowest BCUT2D eigenvalue weighted by atomic mass is 9.97. The van der Waals surface area contributed by atoms with Crippen LogP contribution in [0.2, 0.25) is 0 Å². The molecule has 0 spiro atoms. The van der Waals surface area contributed by atoms with Crippen molar-refractivity contribution in [3.8, 4) is 0 Å². The van der Waals surface area contributed by atoms with E-state index in [4.69, 9.17) is 0 Å². The number of rotatable bonds is 7. The van der Waals surface area contributed by atoms with Crippen LogP contribution in [0.4, 0.5) is 0 Å². The number of hydrogen-bond donors (Lipinski definition) is 3. The zero-order chi connectivity index (χ0) is 21.3. The van der Waals surface area contributed by atoms with Crippen LogP contribution in [-0.4, -0.2) is 50.5 Å². The van der Waals surface area contributed by atoms with E-state index < -0.39 is 0 Å². The fourth-order valence-corrected chi connectivity index (χ4v) is 4.66. The summed E-state index contributed by atoms with van der Waals surface area (Å²) in [6.07, 6.45) is 2.52. The summed E-state index contributed by atoms with van der Waals surface area (Å²) in [6.45, 7) is 6.05. The lowest BCUT2D eigenvalue weighted by molar-refractivity contribution is 0.0963. The van der Waals surface area contributed by atoms with Crippen molar-refractivity contribution in [2.75, 3.05) is 33.7 Å². The van der Waals surface area contributed by atoms with Crippen LogP contribution in [0.25, 0.3) is 0 Å². The standard InChI is InChI=1S/C23H33N5OS.HI/c1-17-9-11-28(12-10-17)20(21-8-5-13-30-21)16-27-23(25-3)26-15-18-6-4-7-19(14-18)22(29)24-2;/h4-8,13-14,17,20H,9-12,15-16H2,1-3H3,(H,24,29)(H2,25,26,27);1H. The number of hydrogen-bond acceptors (Lipinski definition) is 4. The minimum Gasteiger partial charge on any atom is -0.355 e. The van der Waals surface area contributed by atoms with Crippen molar-refractivity contribution >= 4 is 47.2 Å². The largest absolute Gasteiger partial charge is 0.355 e. The number of nitrogens with zero attached hydrogens (tertiary/aromatic N) is 2. The molecule has 1 atom stereocenters. The monoisotopic (exact) mass is 555 g/mol. The van der Waals surface area contributed by atoms with Gasteiger partial charge in [0, 0.05) is 37.6 Å². The van der Waals surface area contributed by atoms with E-state index in [0.717, 1.165) is 37.1 Å². The second kappa shape index (κ2) is 13.0. The zero-order valence-electron chi connectivity index (χ0n) is 18.6. The molecule has 31 heavy (non-hydrogen) atoms. The molecule has 0 radical (unpaired) electrons. The third-order valence-corrected chi connectivity index (χ3v) is 6.67. The number of nitrogens with one attached hydrogen (secondary N) is 3. The fraction of sp³-hybridized carbons (Fsp3) is 0.478. The number of piperidine rings is 1. The first-order chi connectivity index (χ1) is 14.6. The van der Waals surface area contributed by atoms with Crippen molar-refractivity contribution in [3.05, 3.63) is 57.8 Å². The van der Waals surface area contributed by atoms with Gasteiger partial charge in [-0.3, -0.25) is 14.7 Å². The van der Waals surface area contributed by atoms with Gasteiger partial charge in [-0.05, 0) is 61.0 Å². The van der Waals surface area contributed by atoms with Crippen molar-refractivity contribution in [3.63, 3.8) is 0 Å². The van der Waals surface area contributed by atoms with Crippen LogP contribution in [0.1, 0.15) is 46.6 Å². The minimum atomic E-state index is -0.0750. The summed E-state index contributed by atoms with van der Waals surface area (Å²) in [5.74, 6) is 1.51. The Balaban J connectivity index is 0.00000341. The smallest absolute Gasteiger partial charge is 0.251 e. The van der Waals surface area contributed by atoms with Crippen LogP contribution < -0.4 is 16.0 Å². The maximum atomic E-state index is 11.8. The first kappa shape index (κ1) is 25.6.